The number of para-hydroxylation sites is 2. The first-order valence-corrected chi connectivity index (χ1v) is 7.49. The van der Waals surface area contributed by atoms with Gasteiger partial charge in [-0.1, -0.05) is 12.1 Å². The van der Waals surface area contributed by atoms with Crippen LogP contribution in [0.3, 0.4) is 0 Å². The van der Waals surface area contributed by atoms with Crippen LogP contribution >= 0.6 is 0 Å². The van der Waals surface area contributed by atoms with E-state index in [0.717, 1.165) is 22.8 Å². The third-order valence-electron chi connectivity index (χ3n) is 2.78. The summed E-state index contributed by atoms with van der Waals surface area (Å²) < 4.78 is 39.3. The maximum absolute atomic E-state index is 13.2. The molecule has 21 heavy (non-hydrogen) atoms. The summed E-state index contributed by atoms with van der Waals surface area (Å²) in [6.07, 6.45) is 1.95. The first-order chi connectivity index (χ1) is 9.96. The molecule has 0 amide bonds. The van der Waals surface area contributed by atoms with Crippen LogP contribution in [0.2, 0.25) is 0 Å². The van der Waals surface area contributed by atoms with E-state index in [1.807, 2.05) is 0 Å². The van der Waals surface area contributed by atoms with E-state index in [9.17, 15) is 12.8 Å². The van der Waals surface area contributed by atoms with Crippen molar-refractivity contribution in [2.45, 2.75) is 4.90 Å². The monoisotopic (exact) mass is 311 g/mol. The molecule has 1 aromatic carbocycles. The summed E-state index contributed by atoms with van der Waals surface area (Å²) in [4.78, 5) is 3.23. The Labute approximate surface area is 121 Å². The molecule has 2 aromatic rings. The summed E-state index contributed by atoms with van der Waals surface area (Å²) in [7, 11) is -4.07. The topological polar surface area (TPSA) is 96.5 Å². The van der Waals surface area contributed by atoms with Gasteiger partial charge in [-0.05, 0) is 18.2 Å². The van der Waals surface area contributed by atoms with Gasteiger partial charge < -0.3 is 10.8 Å². The van der Waals surface area contributed by atoms with Crippen LogP contribution in [0.1, 0.15) is 0 Å². The molecule has 0 saturated heterocycles. The van der Waals surface area contributed by atoms with Gasteiger partial charge in [0.15, 0.2) is 0 Å². The average Bonchev–Trinajstić information content (AvgIpc) is 2.45. The van der Waals surface area contributed by atoms with Crippen molar-refractivity contribution in [1.29, 1.82) is 0 Å². The van der Waals surface area contributed by atoms with Gasteiger partial charge in [0.05, 0.1) is 30.7 Å². The van der Waals surface area contributed by atoms with E-state index in [4.69, 9.17) is 10.8 Å². The van der Waals surface area contributed by atoms with Crippen molar-refractivity contribution in [2.75, 3.05) is 23.2 Å². The molecule has 0 aliphatic rings. The molecular formula is C13H14FN3O3S. The number of aliphatic hydroxyl groups excluding tert-OH is 1. The van der Waals surface area contributed by atoms with Crippen molar-refractivity contribution in [3.8, 4) is 0 Å². The van der Waals surface area contributed by atoms with Crippen LogP contribution in [0.5, 0.6) is 0 Å². The Kier molecular flexibility index (Phi) is 4.39. The minimum atomic E-state index is -4.07. The number of aromatic nitrogens is 1. The normalized spacial score (nSPS) is 11.3. The number of hydrogen-bond acceptors (Lipinski definition) is 5. The molecule has 0 unspecified atom stereocenters. The molecule has 1 heterocycles. The van der Waals surface area contributed by atoms with Gasteiger partial charge in [0.2, 0.25) is 0 Å². The van der Waals surface area contributed by atoms with Gasteiger partial charge in [0, 0.05) is 6.20 Å². The Balaban J connectivity index is 2.54. The van der Waals surface area contributed by atoms with E-state index < -0.39 is 22.4 Å². The largest absolute Gasteiger partial charge is 0.397 e. The van der Waals surface area contributed by atoms with Gasteiger partial charge in [-0.2, -0.15) is 0 Å². The number of sulfonamides is 1. The molecular weight excluding hydrogens is 297 g/mol. The minimum absolute atomic E-state index is 0.201. The molecule has 0 aliphatic carbocycles. The summed E-state index contributed by atoms with van der Waals surface area (Å²) in [6, 6.07) is 7.20. The van der Waals surface area contributed by atoms with Gasteiger partial charge in [0.25, 0.3) is 10.0 Å². The van der Waals surface area contributed by atoms with Crippen LogP contribution in [-0.2, 0) is 10.0 Å². The Morgan fingerprint density at radius 1 is 1.29 bits per heavy atom. The van der Waals surface area contributed by atoms with Crippen molar-refractivity contribution >= 4 is 21.4 Å². The number of pyridine rings is 1. The Morgan fingerprint density at radius 2 is 2.00 bits per heavy atom. The van der Waals surface area contributed by atoms with Crippen LogP contribution in [0.25, 0.3) is 0 Å². The lowest BCUT2D eigenvalue weighted by Crippen LogP contribution is -2.34. The lowest BCUT2D eigenvalue weighted by atomic mass is 10.3. The van der Waals surface area contributed by atoms with Crippen molar-refractivity contribution < 1.29 is 17.9 Å². The third kappa shape index (κ3) is 3.11. The number of rotatable bonds is 5. The molecule has 0 fully saturated rings. The van der Waals surface area contributed by atoms with E-state index >= 15 is 0 Å². The number of nitrogen functional groups attached to an aromatic ring is 1. The van der Waals surface area contributed by atoms with Crippen molar-refractivity contribution in [3.05, 3.63) is 48.5 Å². The molecule has 0 spiro atoms. The number of hydrogen-bond donors (Lipinski definition) is 2. The van der Waals surface area contributed by atoms with Crippen molar-refractivity contribution in [3.63, 3.8) is 0 Å². The van der Waals surface area contributed by atoms with E-state index in [0.29, 0.717) is 0 Å². The SMILES string of the molecule is Nc1ccccc1N(CCO)S(=O)(=O)c1cncc(F)c1. The van der Waals surface area contributed by atoms with Crippen LogP contribution in [0.4, 0.5) is 15.8 Å². The summed E-state index contributed by atoms with van der Waals surface area (Å²) in [5.74, 6) is -0.763. The molecule has 0 aliphatic heterocycles. The highest BCUT2D eigenvalue weighted by molar-refractivity contribution is 7.92. The van der Waals surface area contributed by atoms with Crippen LogP contribution in [-0.4, -0.2) is 31.7 Å². The highest BCUT2D eigenvalue weighted by atomic mass is 32.2. The van der Waals surface area contributed by atoms with Crippen molar-refractivity contribution in [1.82, 2.24) is 4.98 Å². The fourth-order valence-corrected chi connectivity index (χ4v) is 3.29. The fraction of sp³-hybridized carbons (Fsp3) is 0.154. The average molecular weight is 311 g/mol. The zero-order chi connectivity index (χ0) is 15.5. The highest BCUT2D eigenvalue weighted by Gasteiger charge is 2.26. The first-order valence-electron chi connectivity index (χ1n) is 6.05. The van der Waals surface area contributed by atoms with E-state index in [2.05, 4.69) is 4.98 Å². The Hall–Kier alpha value is -2.19. The van der Waals surface area contributed by atoms with Crippen LogP contribution < -0.4 is 10.0 Å². The molecule has 8 heteroatoms. The predicted octanol–water partition coefficient (Wildman–Crippen LogP) is 0.991. The number of nitrogens with zero attached hydrogens (tertiary/aromatic N) is 2. The number of nitrogens with two attached hydrogens (primary N) is 1. The van der Waals surface area contributed by atoms with E-state index in [1.54, 1.807) is 18.2 Å². The third-order valence-corrected chi connectivity index (χ3v) is 4.55. The Morgan fingerprint density at radius 3 is 2.62 bits per heavy atom. The molecule has 0 atom stereocenters. The standard InChI is InChI=1S/C13H14FN3O3S/c14-10-7-11(9-16-8-10)21(19,20)17(5-6-18)13-4-2-1-3-12(13)15/h1-4,7-9,18H,5-6,15H2. The van der Waals surface area contributed by atoms with Gasteiger partial charge in [0.1, 0.15) is 10.7 Å². The summed E-state index contributed by atoms with van der Waals surface area (Å²) >= 11 is 0. The first kappa shape index (κ1) is 15.2. The van der Waals surface area contributed by atoms with Gasteiger partial charge in [-0.3, -0.25) is 9.29 Å². The molecule has 1 aromatic heterocycles. The number of halogens is 1. The second-order valence-corrected chi connectivity index (χ2v) is 6.06. The van der Waals surface area contributed by atoms with Crippen LogP contribution in [0, 0.1) is 5.82 Å². The molecule has 0 saturated carbocycles. The lowest BCUT2D eigenvalue weighted by Gasteiger charge is -2.24. The minimum Gasteiger partial charge on any atom is -0.397 e. The quantitative estimate of drug-likeness (QED) is 0.803. The predicted molar refractivity (Wildman–Crippen MR) is 76.7 cm³/mol. The molecule has 2 rings (SSSR count). The maximum Gasteiger partial charge on any atom is 0.266 e. The Bertz CT molecular complexity index is 737. The molecule has 6 nitrogen and oxygen atoms in total. The van der Waals surface area contributed by atoms with Crippen LogP contribution in [0.15, 0.2) is 47.6 Å². The lowest BCUT2D eigenvalue weighted by molar-refractivity contribution is 0.306. The molecule has 112 valence electrons. The molecule has 3 N–H and O–H groups in total. The molecule has 0 bridgehead atoms. The van der Waals surface area contributed by atoms with Gasteiger partial charge in [-0.15, -0.1) is 0 Å². The maximum atomic E-state index is 13.2. The second kappa shape index (κ2) is 6.06. The fourth-order valence-electron chi connectivity index (χ4n) is 1.84. The number of anilines is 2. The number of benzene rings is 1. The zero-order valence-corrected chi connectivity index (χ0v) is 11.8. The van der Waals surface area contributed by atoms with Crippen molar-refractivity contribution in [2.24, 2.45) is 0 Å². The van der Waals surface area contributed by atoms with Gasteiger partial charge >= 0.3 is 0 Å². The zero-order valence-electron chi connectivity index (χ0n) is 11.0. The highest BCUT2D eigenvalue weighted by Crippen LogP contribution is 2.28. The van der Waals surface area contributed by atoms with Gasteiger partial charge in [-0.25, -0.2) is 12.8 Å². The second-order valence-electron chi connectivity index (χ2n) is 4.20. The van der Waals surface area contributed by atoms with E-state index in [-0.39, 0.29) is 22.8 Å². The number of aliphatic hydroxyl groups is 1. The smallest absolute Gasteiger partial charge is 0.266 e. The summed E-state index contributed by atoms with van der Waals surface area (Å²) in [5.41, 5.74) is 6.23. The van der Waals surface area contributed by atoms with E-state index in [1.165, 1.54) is 6.07 Å². The summed E-state index contributed by atoms with van der Waals surface area (Å²) in [5, 5.41) is 9.12. The molecule has 0 radical (unpaired) electrons. The summed E-state index contributed by atoms with van der Waals surface area (Å²) in [6.45, 7) is -0.608.